The lowest BCUT2D eigenvalue weighted by atomic mass is 9.88. The first-order valence-electron chi connectivity index (χ1n) is 6.73. The first-order valence-corrected chi connectivity index (χ1v) is 8.58. The van der Waals surface area contributed by atoms with Gasteiger partial charge in [0.1, 0.15) is 6.33 Å². The number of nitrogens with zero attached hydrogens (tertiary/aromatic N) is 3. The van der Waals surface area contributed by atoms with Crippen molar-refractivity contribution in [2.45, 2.75) is 19.3 Å². The minimum absolute atomic E-state index is 0.509. The minimum atomic E-state index is -3.03. The Morgan fingerprint density at radius 3 is 2.68 bits per heavy atom. The number of fused-ring (bicyclic) bond motifs is 1. The molecule has 0 N–H and O–H groups in total. The van der Waals surface area contributed by atoms with E-state index in [0.717, 1.165) is 18.4 Å². The predicted molar refractivity (Wildman–Crippen MR) is 71.9 cm³/mol. The van der Waals surface area contributed by atoms with Gasteiger partial charge in [-0.05, 0) is 42.6 Å². The SMILES string of the molecule is CS(=O)(=O)N1C[C@H]2CC[C@H](Cc3cncnc3)[C@H]2C1. The zero-order chi connectivity index (χ0) is 13.5. The van der Waals surface area contributed by atoms with Gasteiger partial charge in [-0.3, -0.25) is 0 Å². The molecule has 0 radical (unpaired) electrons. The number of hydrogen-bond acceptors (Lipinski definition) is 4. The summed E-state index contributed by atoms with van der Waals surface area (Å²) < 4.78 is 24.9. The zero-order valence-electron chi connectivity index (χ0n) is 11.1. The molecule has 0 amide bonds. The second-order valence-corrected chi connectivity index (χ2v) is 7.77. The highest BCUT2D eigenvalue weighted by molar-refractivity contribution is 7.88. The fourth-order valence-corrected chi connectivity index (χ4v) is 4.50. The van der Waals surface area contributed by atoms with E-state index in [9.17, 15) is 8.42 Å². The summed E-state index contributed by atoms with van der Waals surface area (Å²) in [7, 11) is -3.03. The molecule has 3 rings (SSSR count). The van der Waals surface area contributed by atoms with Gasteiger partial charge in [0.05, 0.1) is 6.26 Å². The molecule has 2 fully saturated rings. The molecular weight excluding hydrogens is 262 g/mol. The van der Waals surface area contributed by atoms with Gasteiger partial charge in [0.15, 0.2) is 0 Å². The van der Waals surface area contributed by atoms with Crippen LogP contribution in [-0.2, 0) is 16.4 Å². The average Bonchev–Trinajstić information content (AvgIpc) is 2.92. The number of aromatic nitrogens is 2. The zero-order valence-corrected chi connectivity index (χ0v) is 11.9. The van der Waals surface area contributed by atoms with E-state index in [0.29, 0.717) is 30.8 Å². The first-order chi connectivity index (χ1) is 9.04. The Hall–Kier alpha value is -1.01. The van der Waals surface area contributed by atoms with Crippen LogP contribution in [0.15, 0.2) is 18.7 Å². The minimum Gasteiger partial charge on any atom is -0.245 e. The van der Waals surface area contributed by atoms with Crippen LogP contribution < -0.4 is 0 Å². The fraction of sp³-hybridized carbons (Fsp3) is 0.692. The third kappa shape index (κ3) is 2.65. The van der Waals surface area contributed by atoms with Crippen LogP contribution in [0, 0.1) is 17.8 Å². The topological polar surface area (TPSA) is 63.2 Å². The van der Waals surface area contributed by atoms with Gasteiger partial charge < -0.3 is 0 Å². The third-order valence-electron chi connectivity index (χ3n) is 4.55. The Balaban J connectivity index is 1.70. The largest absolute Gasteiger partial charge is 0.245 e. The van der Waals surface area contributed by atoms with Gasteiger partial charge in [0.25, 0.3) is 0 Å². The third-order valence-corrected chi connectivity index (χ3v) is 5.79. The first kappa shape index (κ1) is 13.0. The highest BCUT2D eigenvalue weighted by Gasteiger charge is 2.44. The van der Waals surface area contributed by atoms with Crippen molar-refractivity contribution >= 4 is 10.0 Å². The summed E-state index contributed by atoms with van der Waals surface area (Å²) in [6, 6.07) is 0. The molecule has 0 unspecified atom stereocenters. The molecule has 1 aromatic rings. The van der Waals surface area contributed by atoms with Crippen molar-refractivity contribution in [3.8, 4) is 0 Å². The van der Waals surface area contributed by atoms with Crippen molar-refractivity contribution in [2.24, 2.45) is 17.8 Å². The van der Waals surface area contributed by atoms with Gasteiger partial charge in [-0.2, -0.15) is 0 Å². The molecule has 2 aliphatic rings. The van der Waals surface area contributed by atoms with Crippen molar-refractivity contribution in [1.29, 1.82) is 0 Å². The van der Waals surface area contributed by atoms with Crippen molar-refractivity contribution in [2.75, 3.05) is 19.3 Å². The Labute approximate surface area is 114 Å². The molecule has 0 aromatic carbocycles. The smallest absolute Gasteiger partial charge is 0.211 e. The van der Waals surface area contributed by atoms with Crippen LogP contribution in [0.25, 0.3) is 0 Å². The number of hydrogen-bond donors (Lipinski definition) is 0. The van der Waals surface area contributed by atoms with Crippen LogP contribution in [0.4, 0.5) is 0 Å². The maximum Gasteiger partial charge on any atom is 0.211 e. The van der Waals surface area contributed by atoms with E-state index in [1.165, 1.54) is 12.7 Å². The summed E-state index contributed by atoms with van der Waals surface area (Å²) in [5.41, 5.74) is 1.16. The van der Waals surface area contributed by atoms with Gasteiger partial charge in [0.2, 0.25) is 10.0 Å². The molecule has 1 aliphatic heterocycles. The summed E-state index contributed by atoms with van der Waals surface area (Å²) in [5, 5.41) is 0. The highest BCUT2D eigenvalue weighted by atomic mass is 32.2. The van der Waals surface area contributed by atoms with E-state index >= 15 is 0 Å². The molecule has 19 heavy (non-hydrogen) atoms. The van der Waals surface area contributed by atoms with Crippen LogP contribution in [0.5, 0.6) is 0 Å². The van der Waals surface area contributed by atoms with Crippen molar-refractivity contribution in [3.05, 3.63) is 24.3 Å². The molecule has 5 nitrogen and oxygen atoms in total. The Kier molecular flexibility index (Phi) is 3.30. The molecule has 2 heterocycles. The Bertz CT molecular complexity index is 546. The summed E-state index contributed by atoms with van der Waals surface area (Å²) in [5.74, 6) is 1.63. The monoisotopic (exact) mass is 281 g/mol. The summed E-state index contributed by atoms with van der Waals surface area (Å²) in [6.07, 6.45) is 9.90. The lowest BCUT2D eigenvalue weighted by Crippen LogP contribution is -2.29. The van der Waals surface area contributed by atoms with Gasteiger partial charge in [-0.25, -0.2) is 22.7 Å². The van der Waals surface area contributed by atoms with Gasteiger partial charge in [-0.15, -0.1) is 0 Å². The van der Waals surface area contributed by atoms with E-state index in [-0.39, 0.29) is 0 Å². The van der Waals surface area contributed by atoms with Crippen molar-refractivity contribution in [3.63, 3.8) is 0 Å². The molecule has 0 spiro atoms. The normalized spacial score (nSPS) is 31.5. The van der Waals surface area contributed by atoms with Crippen LogP contribution >= 0.6 is 0 Å². The van der Waals surface area contributed by atoms with Gasteiger partial charge in [-0.1, -0.05) is 0 Å². The summed E-state index contributed by atoms with van der Waals surface area (Å²) >= 11 is 0. The Morgan fingerprint density at radius 2 is 2.00 bits per heavy atom. The van der Waals surface area contributed by atoms with Crippen molar-refractivity contribution in [1.82, 2.24) is 14.3 Å². The average molecular weight is 281 g/mol. The lowest BCUT2D eigenvalue weighted by molar-refractivity contribution is 0.359. The molecular formula is C13H19N3O2S. The van der Waals surface area contributed by atoms with Crippen LogP contribution in [0.3, 0.4) is 0 Å². The predicted octanol–water partition coefficient (Wildman–Crippen LogP) is 0.937. The van der Waals surface area contributed by atoms with Gasteiger partial charge in [0, 0.05) is 25.5 Å². The molecule has 1 saturated heterocycles. The molecule has 1 saturated carbocycles. The maximum atomic E-state index is 11.6. The molecule has 6 heteroatoms. The van der Waals surface area contributed by atoms with Crippen LogP contribution in [0.2, 0.25) is 0 Å². The fourth-order valence-electron chi connectivity index (χ4n) is 3.60. The summed E-state index contributed by atoms with van der Waals surface area (Å²) in [6.45, 7) is 1.41. The van der Waals surface area contributed by atoms with E-state index < -0.39 is 10.0 Å². The molecule has 1 aliphatic carbocycles. The van der Waals surface area contributed by atoms with Crippen molar-refractivity contribution < 1.29 is 8.42 Å². The number of rotatable bonds is 3. The van der Waals surface area contributed by atoms with E-state index in [2.05, 4.69) is 9.97 Å². The van der Waals surface area contributed by atoms with E-state index in [1.54, 1.807) is 10.6 Å². The van der Waals surface area contributed by atoms with Gasteiger partial charge >= 0.3 is 0 Å². The molecule has 104 valence electrons. The van der Waals surface area contributed by atoms with Crippen LogP contribution in [0.1, 0.15) is 18.4 Å². The summed E-state index contributed by atoms with van der Waals surface area (Å²) in [4.78, 5) is 8.10. The van der Waals surface area contributed by atoms with E-state index in [1.807, 2.05) is 12.4 Å². The molecule has 0 bridgehead atoms. The van der Waals surface area contributed by atoms with E-state index in [4.69, 9.17) is 0 Å². The number of sulfonamides is 1. The molecule has 1 aromatic heterocycles. The second kappa shape index (κ2) is 4.83. The highest BCUT2D eigenvalue weighted by Crippen LogP contribution is 2.44. The second-order valence-electron chi connectivity index (χ2n) is 5.79. The standard InChI is InChI=1S/C13H19N3O2S/c1-19(17,18)16-7-12-3-2-11(13(12)8-16)4-10-5-14-9-15-6-10/h5-6,9,11-13H,2-4,7-8H2,1H3/t11-,12-,13-/m1/s1. The maximum absolute atomic E-state index is 11.6. The molecule has 3 atom stereocenters. The Morgan fingerprint density at radius 1 is 1.26 bits per heavy atom. The quantitative estimate of drug-likeness (QED) is 0.827. The lowest BCUT2D eigenvalue weighted by Gasteiger charge is -2.19. The van der Waals surface area contributed by atoms with Crippen LogP contribution in [-0.4, -0.2) is 42.0 Å².